The second-order valence-corrected chi connectivity index (χ2v) is 3.00. The van der Waals surface area contributed by atoms with Crippen LogP contribution in [0.4, 0.5) is 4.39 Å². The van der Waals surface area contributed by atoms with Gasteiger partial charge in [-0.3, -0.25) is 0 Å². The number of pyridine rings is 1. The number of nitrogens with one attached hydrogen (secondary N) is 1. The Morgan fingerprint density at radius 1 is 1.57 bits per heavy atom. The molecule has 1 aromatic rings. The number of methoxy groups -OCH3 is 1. The number of nitrogens with zero attached hydrogens (tertiary/aromatic N) is 1. The zero-order valence-electron chi connectivity index (χ0n) is 8.51. The van der Waals surface area contributed by atoms with E-state index in [0.717, 1.165) is 24.7 Å². The maximum Gasteiger partial charge on any atom is 0.217 e. The maximum atomic E-state index is 12.8. The lowest BCUT2D eigenvalue weighted by atomic mass is 10.2. The number of ether oxygens (including phenoxy) is 1. The van der Waals surface area contributed by atoms with Crippen molar-refractivity contribution in [2.45, 2.75) is 19.9 Å². The molecule has 3 nitrogen and oxygen atoms in total. The van der Waals surface area contributed by atoms with Crippen LogP contribution in [0.15, 0.2) is 12.3 Å². The molecule has 1 N–H and O–H groups in total. The Hall–Kier alpha value is -1.16. The van der Waals surface area contributed by atoms with Crippen LogP contribution in [0.2, 0.25) is 0 Å². The summed E-state index contributed by atoms with van der Waals surface area (Å²) in [6.45, 7) is 3.56. The average Bonchev–Trinajstić information content (AvgIpc) is 2.19. The van der Waals surface area contributed by atoms with Gasteiger partial charge in [0.2, 0.25) is 5.88 Å². The van der Waals surface area contributed by atoms with Gasteiger partial charge >= 0.3 is 0 Å². The molecule has 0 aliphatic heterocycles. The molecule has 0 aliphatic carbocycles. The van der Waals surface area contributed by atoms with E-state index in [4.69, 9.17) is 4.74 Å². The van der Waals surface area contributed by atoms with Crippen LogP contribution in [0.5, 0.6) is 5.88 Å². The molecule has 0 unspecified atom stereocenters. The number of rotatable bonds is 5. The number of halogens is 1. The Morgan fingerprint density at radius 2 is 2.36 bits per heavy atom. The van der Waals surface area contributed by atoms with Crippen molar-refractivity contribution < 1.29 is 9.13 Å². The van der Waals surface area contributed by atoms with E-state index in [0.29, 0.717) is 12.4 Å². The Balaban J connectivity index is 2.67. The minimum Gasteiger partial charge on any atom is -0.481 e. The maximum absolute atomic E-state index is 12.8. The lowest BCUT2D eigenvalue weighted by Gasteiger charge is -2.07. The molecule has 4 heteroatoms. The quantitative estimate of drug-likeness (QED) is 0.731. The van der Waals surface area contributed by atoms with Crippen LogP contribution in [0, 0.1) is 5.82 Å². The third-order valence-corrected chi connectivity index (χ3v) is 1.83. The lowest BCUT2D eigenvalue weighted by Crippen LogP contribution is -2.15. The summed E-state index contributed by atoms with van der Waals surface area (Å²) in [5.74, 6) is 0.147. The van der Waals surface area contributed by atoms with E-state index in [9.17, 15) is 4.39 Å². The van der Waals surface area contributed by atoms with Crippen molar-refractivity contribution in [1.82, 2.24) is 10.3 Å². The number of hydrogen-bond donors (Lipinski definition) is 1. The van der Waals surface area contributed by atoms with Gasteiger partial charge in [-0.1, -0.05) is 6.92 Å². The highest BCUT2D eigenvalue weighted by Gasteiger charge is 2.04. The van der Waals surface area contributed by atoms with Gasteiger partial charge in [0.1, 0.15) is 5.82 Å². The summed E-state index contributed by atoms with van der Waals surface area (Å²) in [4.78, 5) is 3.84. The molecule has 0 spiro atoms. The zero-order chi connectivity index (χ0) is 10.4. The van der Waals surface area contributed by atoms with E-state index in [1.165, 1.54) is 13.2 Å². The second kappa shape index (κ2) is 5.54. The summed E-state index contributed by atoms with van der Waals surface area (Å²) in [6.07, 6.45) is 2.20. The average molecular weight is 198 g/mol. The molecule has 0 bridgehead atoms. The second-order valence-electron chi connectivity index (χ2n) is 3.00. The van der Waals surface area contributed by atoms with Gasteiger partial charge in [0, 0.05) is 12.1 Å². The topological polar surface area (TPSA) is 34.2 Å². The van der Waals surface area contributed by atoms with Crippen molar-refractivity contribution in [3.63, 3.8) is 0 Å². The largest absolute Gasteiger partial charge is 0.481 e. The minimum absolute atomic E-state index is 0.334. The minimum atomic E-state index is -0.334. The van der Waals surface area contributed by atoms with Crippen LogP contribution >= 0.6 is 0 Å². The molecule has 0 saturated heterocycles. The standard InChI is InChI=1S/C10H15FN2O/c1-3-4-12-6-8-5-9(11)7-13-10(8)14-2/h5,7,12H,3-4,6H2,1-2H3. The van der Waals surface area contributed by atoms with Crippen LogP contribution in [0.25, 0.3) is 0 Å². The van der Waals surface area contributed by atoms with Crippen molar-refractivity contribution in [3.05, 3.63) is 23.6 Å². The van der Waals surface area contributed by atoms with Gasteiger partial charge in [-0.2, -0.15) is 0 Å². The Kier molecular flexibility index (Phi) is 4.32. The molecule has 78 valence electrons. The first-order valence-electron chi connectivity index (χ1n) is 4.67. The molecule has 14 heavy (non-hydrogen) atoms. The molecule has 1 heterocycles. The first kappa shape index (κ1) is 10.9. The molecule has 1 rings (SSSR count). The van der Waals surface area contributed by atoms with E-state index in [-0.39, 0.29) is 5.82 Å². The number of aromatic nitrogens is 1. The van der Waals surface area contributed by atoms with E-state index in [2.05, 4.69) is 17.2 Å². The fraction of sp³-hybridized carbons (Fsp3) is 0.500. The monoisotopic (exact) mass is 198 g/mol. The fourth-order valence-electron chi connectivity index (χ4n) is 1.18. The van der Waals surface area contributed by atoms with Crippen molar-refractivity contribution in [1.29, 1.82) is 0 Å². The molecule has 0 saturated carbocycles. The Bertz CT molecular complexity index is 291. The molecular weight excluding hydrogens is 183 g/mol. The van der Waals surface area contributed by atoms with Crippen LogP contribution in [0.3, 0.4) is 0 Å². The van der Waals surface area contributed by atoms with Crippen LogP contribution in [-0.2, 0) is 6.54 Å². The van der Waals surface area contributed by atoms with E-state index in [1.807, 2.05) is 0 Å². The first-order valence-corrected chi connectivity index (χ1v) is 4.67. The van der Waals surface area contributed by atoms with E-state index < -0.39 is 0 Å². The van der Waals surface area contributed by atoms with Gasteiger partial charge < -0.3 is 10.1 Å². The van der Waals surface area contributed by atoms with Crippen molar-refractivity contribution >= 4 is 0 Å². The first-order chi connectivity index (χ1) is 6.77. The predicted octanol–water partition coefficient (Wildman–Crippen LogP) is 1.73. The predicted molar refractivity (Wildman–Crippen MR) is 52.7 cm³/mol. The van der Waals surface area contributed by atoms with Crippen LogP contribution in [0.1, 0.15) is 18.9 Å². The zero-order valence-corrected chi connectivity index (χ0v) is 8.51. The van der Waals surface area contributed by atoms with Gasteiger partial charge in [0.05, 0.1) is 13.3 Å². The van der Waals surface area contributed by atoms with Gasteiger partial charge in [-0.25, -0.2) is 9.37 Å². The SMILES string of the molecule is CCCNCc1cc(F)cnc1OC. The third kappa shape index (κ3) is 2.96. The summed E-state index contributed by atoms with van der Waals surface area (Å²) in [5.41, 5.74) is 0.751. The highest BCUT2D eigenvalue weighted by molar-refractivity contribution is 5.25. The Morgan fingerprint density at radius 3 is 3.00 bits per heavy atom. The molecule has 0 aromatic carbocycles. The molecule has 1 aromatic heterocycles. The molecule has 0 atom stereocenters. The van der Waals surface area contributed by atoms with E-state index in [1.54, 1.807) is 0 Å². The Labute approximate surface area is 83.3 Å². The van der Waals surface area contributed by atoms with Gasteiger partial charge in [0.25, 0.3) is 0 Å². The molecule has 0 fully saturated rings. The summed E-state index contributed by atoms with van der Waals surface area (Å²) < 4.78 is 17.9. The van der Waals surface area contributed by atoms with Crippen molar-refractivity contribution in [3.8, 4) is 5.88 Å². The van der Waals surface area contributed by atoms with Crippen molar-refractivity contribution in [2.24, 2.45) is 0 Å². The molecule has 0 radical (unpaired) electrons. The molecule has 0 aliphatic rings. The van der Waals surface area contributed by atoms with Gasteiger partial charge in [0.15, 0.2) is 0 Å². The normalized spacial score (nSPS) is 10.2. The van der Waals surface area contributed by atoms with Crippen molar-refractivity contribution in [2.75, 3.05) is 13.7 Å². The van der Waals surface area contributed by atoms with Crippen LogP contribution < -0.4 is 10.1 Å². The smallest absolute Gasteiger partial charge is 0.217 e. The number of hydrogen-bond acceptors (Lipinski definition) is 3. The third-order valence-electron chi connectivity index (χ3n) is 1.83. The summed E-state index contributed by atoms with van der Waals surface area (Å²) in [6, 6.07) is 1.44. The van der Waals surface area contributed by atoms with E-state index >= 15 is 0 Å². The fourth-order valence-corrected chi connectivity index (χ4v) is 1.18. The molecule has 0 amide bonds. The van der Waals surface area contributed by atoms with Gasteiger partial charge in [-0.05, 0) is 19.0 Å². The summed E-state index contributed by atoms with van der Waals surface area (Å²) in [7, 11) is 1.53. The molecular formula is C10H15FN2O. The highest BCUT2D eigenvalue weighted by atomic mass is 19.1. The summed E-state index contributed by atoms with van der Waals surface area (Å²) >= 11 is 0. The van der Waals surface area contributed by atoms with Gasteiger partial charge in [-0.15, -0.1) is 0 Å². The van der Waals surface area contributed by atoms with Crippen LogP contribution in [-0.4, -0.2) is 18.6 Å². The highest BCUT2D eigenvalue weighted by Crippen LogP contribution is 2.14. The lowest BCUT2D eigenvalue weighted by molar-refractivity contribution is 0.388. The summed E-state index contributed by atoms with van der Waals surface area (Å²) in [5, 5.41) is 3.17.